The molecule has 0 amide bonds. The van der Waals surface area contributed by atoms with E-state index in [1.54, 1.807) is 0 Å². The molecule has 0 aromatic heterocycles. The predicted octanol–water partition coefficient (Wildman–Crippen LogP) is -1.60. The largest absolute Gasteiger partial charge is 0.488 e. The van der Waals surface area contributed by atoms with Crippen molar-refractivity contribution in [2.75, 3.05) is 0 Å². The molecule has 5 nitrogen and oxygen atoms in total. The van der Waals surface area contributed by atoms with Crippen molar-refractivity contribution in [3.8, 4) is 0 Å². The van der Waals surface area contributed by atoms with Crippen LogP contribution in [0.4, 0.5) is 0 Å². The van der Waals surface area contributed by atoms with Gasteiger partial charge in [0.15, 0.2) is 0 Å². The van der Waals surface area contributed by atoms with E-state index in [0.717, 1.165) is 0 Å². The van der Waals surface area contributed by atoms with Crippen LogP contribution in [0.5, 0.6) is 0 Å². The van der Waals surface area contributed by atoms with Crippen molar-refractivity contribution >= 4 is 18.6 Å². The van der Waals surface area contributed by atoms with Gasteiger partial charge in [-0.25, -0.2) is 4.79 Å². The molecule has 1 aromatic rings. The molecule has 4 N–H and O–H groups in total. The van der Waals surface area contributed by atoms with E-state index in [1.165, 1.54) is 24.3 Å². The molecule has 0 atom stereocenters. The van der Waals surface area contributed by atoms with Crippen molar-refractivity contribution in [2.24, 2.45) is 5.90 Å². The molecule has 0 aliphatic carbocycles. The van der Waals surface area contributed by atoms with Crippen molar-refractivity contribution in [3.05, 3.63) is 29.8 Å². The molecule has 0 saturated heterocycles. The summed E-state index contributed by atoms with van der Waals surface area (Å²) in [6, 6.07) is 5.72. The maximum Gasteiger partial charge on any atom is 0.488 e. The van der Waals surface area contributed by atoms with Crippen molar-refractivity contribution in [1.82, 2.24) is 0 Å². The zero-order chi connectivity index (χ0) is 9.84. The Labute approximate surface area is 74.8 Å². The van der Waals surface area contributed by atoms with Gasteiger partial charge in [0.1, 0.15) is 0 Å². The van der Waals surface area contributed by atoms with Crippen molar-refractivity contribution in [1.29, 1.82) is 0 Å². The quantitative estimate of drug-likeness (QED) is 0.377. The van der Waals surface area contributed by atoms with Crippen LogP contribution in [0.2, 0.25) is 0 Å². The van der Waals surface area contributed by atoms with Crippen molar-refractivity contribution in [2.45, 2.75) is 0 Å². The molecule has 0 fully saturated rings. The summed E-state index contributed by atoms with van der Waals surface area (Å²) in [7, 11) is -1.61. The first-order chi connectivity index (χ1) is 6.15. The van der Waals surface area contributed by atoms with Crippen LogP contribution in [0.3, 0.4) is 0 Å². The van der Waals surface area contributed by atoms with Crippen LogP contribution in [-0.2, 0) is 4.84 Å². The van der Waals surface area contributed by atoms with E-state index in [0.29, 0.717) is 0 Å². The Bertz CT molecular complexity index is 315. The standard InChI is InChI=1S/C7H8BNO4/c9-13-7(10)5-2-1-3-6(4-5)8(11)12/h1-4,11-12H,9H2. The highest BCUT2D eigenvalue weighted by Gasteiger charge is 2.13. The number of nitrogens with two attached hydrogens (primary N) is 1. The first-order valence-electron chi connectivity index (χ1n) is 3.52. The average molecular weight is 181 g/mol. The molecule has 0 aliphatic rings. The Morgan fingerprint density at radius 1 is 1.46 bits per heavy atom. The summed E-state index contributed by atoms with van der Waals surface area (Å²) in [5.74, 6) is 3.94. The zero-order valence-electron chi connectivity index (χ0n) is 6.68. The van der Waals surface area contributed by atoms with Crippen LogP contribution in [0.15, 0.2) is 24.3 Å². The molecule has 0 bridgehead atoms. The molecule has 0 heterocycles. The number of benzene rings is 1. The van der Waals surface area contributed by atoms with E-state index in [4.69, 9.17) is 10.0 Å². The Morgan fingerprint density at radius 2 is 2.15 bits per heavy atom. The van der Waals surface area contributed by atoms with Gasteiger partial charge in [-0.05, 0) is 17.6 Å². The molecule has 0 unspecified atom stereocenters. The number of carbonyl (C=O) groups excluding carboxylic acids is 1. The third kappa shape index (κ3) is 2.28. The highest BCUT2D eigenvalue weighted by molar-refractivity contribution is 6.58. The SMILES string of the molecule is NOC(=O)c1cccc(B(O)O)c1. The number of hydrogen-bond donors (Lipinski definition) is 3. The third-order valence-corrected chi connectivity index (χ3v) is 1.53. The molecule has 68 valence electrons. The molecule has 0 radical (unpaired) electrons. The number of hydrogen-bond acceptors (Lipinski definition) is 5. The second-order valence-corrected chi connectivity index (χ2v) is 2.40. The van der Waals surface area contributed by atoms with Gasteiger partial charge in [-0.3, -0.25) is 0 Å². The van der Waals surface area contributed by atoms with Gasteiger partial charge < -0.3 is 14.9 Å². The van der Waals surface area contributed by atoms with Gasteiger partial charge in [0, 0.05) is 0 Å². The number of rotatable bonds is 2. The fraction of sp³-hybridized carbons (Fsp3) is 0. The molecule has 0 saturated carbocycles. The van der Waals surface area contributed by atoms with Gasteiger partial charge >= 0.3 is 13.1 Å². The van der Waals surface area contributed by atoms with Gasteiger partial charge in [-0.1, -0.05) is 12.1 Å². The topological polar surface area (TPSA) is 92.8 Å². The minimum atomic E-state index is -1.61. The van der Waals surface area contributed by atoms with Crippen LogP contribution in [0, 0.1) is 0 Å². The van der Waals surface area contributed by atoms with E-state index in [1.807, 2.05) is 0 Å². The van der Waals surface area contributed by atoms with Crippen LogP contribution >= 0.6 is 0 Å². The smallest absolute Gasteiger partial charge is 0.423 e. The Kier molecular flexibility index (Phi) is 3.02. The fourth-order valence-corrected chi connectivity index (χ4v) is 0.894. The van der Waals surface area contributed by atoms with Gasteiger partial charge in [0.2, 0.25) is 0 Å². The van der Waals surface area contributed by atoms with Gasteiger partial charge in [0.05, 0.1) is 5.56 Å². The molecular weight excluding hydrogens is 173 g/mol. The summed E-state index contributed by atoms with van der Waals surface area (Å²) in [6.45, 7) is 0. The van der Waals surface area contributed by atoms with Crippen LogP contribution in [0.1, 0.15) is 10.4 Å². The first-order valence-corrected chi connectivity index (χ1v) is 3.52. The van der Waals surface area contributed by atoms with Gasteiger partial charge in [-0.2, -0.15) is 5.90 Å². The van der Waals surface area contributed by atoms with E-state index in [2.05, 4.69) is 10.7 Å². The predicted molar refractivity (Wildman–Crippen MR) is 45.9 cm³/mol. The molecule has 1 aromatic carbocycles. The lowest BCUT2D eigenvalue weighted by Crippen LogP contribution is -2.30. The fourth-order valence-electron chi connectivity index (χ4n) is 0.894. The van der Waals surface area contributed by atoms with Gasteiger partial charge in [-0.15, -0.1) is 0 Å². The van der Waals surface area contributed by atoms with E-state index in [9.17, 15) is 4.79 Å². The normalized spacial score (nSPS) is 9.46. The van der Waals surface area contributed by atoms with Crippen LogP contribution in [0.25, 0.3) is 0 Å². The average Bonchev–Trinajstić information content (AvgIpc) is 2.17. The molecule has 0 aliphatic heterocycles. The zero-order valence-corrected chi connectivity index (χ0v) is 6.68. The summed E-state index contributed by atoms with van der Waals surface area (Å²) < 4.78 is 0. The van der Waals surface area contributed by atoms with Gasteiger partial charge in [0.25, 0.3) is 0 Å². The minimum absolute atomic E-state index is 0.174. The molecule has 6 heteroatoms. The summed E-state index contributed by atoms with van der Waals surface area (Å²) in [5.41, 5.74) is 0.385. The van der Waals surface area contributed by atoms with E-state index in [-0.39, 0.29) is 11.0 Å². The Balaban J connectivity index is 2.98. The van der Waals surface area contributed by atoms with E-state index < -0.39 is 13.1 Å². The number of carbonyl (C=O) groups is 1. The summed E-state index contributed by atoms with van der Waals surface area (Å²) in [4.78, 5) is 14.8. The van der Waals surface area contributed by atoms with Crippen molar-refractivity contribution < 1.29 is 19.7 Å². The second kappa shape index (κ2) is 4.04. The molecule has 13 heavy (non-hydrogen) atoms. The minimum Gasteiger partial charge on any atom is -0.423 e. The monoisotopic (exact) mass is 181 g/mol. The lowest BCUT2D eigenvalue weighted by Gasteiger charge is -2.01. The van der Waals surface area contributed by atoms with Crippen molar-refractivity contribution in [3.63, 3.8) is 0 Å². The molecule has 0 spiro atoms. The maximum absolute atomic E-state index is 10.9. The van der Waals surface area contributed by atoms with Crippen LogP contribution < -0.4 is 11.4 Å². The highest BCUT2D eigenvalue weighted by Crippen LogP contribution is 1.98. The lowest BCUT2D eigenvalue weighted by molar-refractivity contribution is 0.0503. The Morgan fingerprint density at radius 3 is 2.69 bits per heavy atom. The highest BCUT2D eigenvalue weighted by atomic mass is 16.7. The third-order valence-electron chi connectivity index (χ3n) is 1.53. The second-order valence-electron chi connectivity index (χ2n) is 2.40. The van der Waals surface area contributed by atoms with E-state index >= 15 is 0 Å². The van der Waals surface area contributed by atoms with Crippen LogP contribution in [-0.4, -0.2) is 23.1 Å². The lowest BCUT2D eigenvalue weighted by atomic mass is 9.80. The summed E-state index contributed by atoms with van der Waals surface area (Å²) >= 11 is 0. The summed E-state index contributed by atoms with van der Waals surface area (Å²) in [5, 5.41) is 17.5. The first kappa shape index (κ1) is 9.72. The Hall–Kier alpha value is -1.37. The summed E-state index contributed by atoms with van der Waals surface area (Å²) in [6.07, 6.45) is 0. The molecule has 1 rings (SSSR count). The maximum atomic E-state index is 10.9. The molecular formula is C7H8BNO4.